The van der Waals surface area contributed by atoms with E-state index in [0.29, 0.717) is 23.6 Å². The molecule has 1 saturated heterocycles. The molecule has 16 nitrogen and oxygen atoms in total. The number of anilines is 1. The third-order valence-corrected chi connectivity index (χ3v) is 11.3. The summed E-state index contributed by atoms with van der Waals surface area (Å²) in [5.74, 6) is -0.628. The Kier molecular flexibility index (Phi) is 19.9. The smallest absolute Gasteiger partial charge is 0.472 e. The lowest BCUT2D eigenvalue weighted by atomic mass is 9.93. The van der Waals surface area contributed by atoms with Gasteiger partial charge in [-0.2, -0.15) is 15.6 Å². The second kappa shape index (κ2) is 24.5. The molecule has 0 aliphatic carbocycles. The van der Waals surface area contributed by atoms with E-state index >= 15 is 0 Å². The molecule has 1 unspecified atom stereocenters. The molecular weight excluding hydrogens is 777 g/mol. The Morgan fingerprint density at radius 3 is 2.14 bits per heavy atom. The minimum atomic E-state index is -4.83. The van der Waals surface area contributed by atoms with Gasteiger partial charge in [0.15, 0.2) is 11.6 Å². The minimum absolute atomic E-state index is 0.0439. The first-order chi connectivity index (χ1) is 28.5. The Labute approximate surface area is 349 Å². The first kappa shape index (κ1) is 48.0. The molecule has 3 aromatic heterocycles. The van der Waals surface area contributed by atoms with Crippen molar-refractivity contribution < 1.29 is 42.2 Å². The molecule has 17 heteroatoms. The lowest BCUT2D eigenvalue weighted by Crippen LogP contribution is -2.50. The van der Waals surface area contributed by atoms with Gasteiger partial charge in [-0.15, -0.1) is 0 Å². The average molecular weight is 842 g/mol. The topological polar surface area (TPSA) is 219 Å². The van der Waals surface area contributed by atoms with Crippen LogP contribution in [0.5, 0.6) is 5.75 Å². The van der Waals surface area contributed by atoms with Crippen molar-refractivity contribution in [3.05, 3.63) is 48.2 Å². The molecule has 0 aromatic carbocycles. The molecule has 0 amide bonds. The predicted molar refractivity (Wildman–Crippen MR) is 221 cm³/mol. The van der Waals surface area contributed by atoms with Crippen LogP contribution in [0.2, 0.25) is 0 Å². The van der Waals surface area contributed by atoms with E-state index in [9.17, 15) is 14.7 Å². The molecule has 326 valence electrons. The number of nitrogens with zero attached hydrogens (tertiary/aromatic N) is 6. The maximum absolute atomic E-state index is 13.3. The third-order valence-electron chi connectivity index (χ3n) is 10.4. The van der Waals surface area contributed by atoms with Crippen LogP contribution in [0.4, 0.5) is 5.82 Å². The van der Waals surface area contributed by atoms with Crippen molar-refractivity contribution >= 4 is 19.2 Å². The van der Waals surface area contributed by atoms with E-state index in [2.05, 4.69) is 28.1 Å². The molecule has 59 heavy (non-hydrogen) atoms. The number of pyridine rings is 1. The summed E-state index contributed by atoms with van der Waals surface area (Å²) < 4.78 is 55.6. The summed E-state index contributed by atoms with van der Waals surface area (Å²) in [7, 11) is -3.56. The standard InChI is InChI=1S/C42H64N7O9P/c1-5-6-7-8-9-10-11-12-13-14-15-16-17-18-19-20-25-53-28-35(56-34-22-21-33(26-43)46-27-34)29-54-59(50,51)55-31-42(30-44,52-4)39-38(57-41(2,3)58-39)36-23-24-37-40(45)47-32-48-49(36)37/h21-24,27,32,35,38-39H,5-20,25,28-29,31H2,1-4H3,(H,50,51)(H2,45,47,48)/t35-,38+,39+,42-/m1/s1. The summed E-state index contributed by atoms with van der Waals surface area (Å²) in [4.78, 5) is 18.9. The van der Waals surface area contributed by atoms with Crippen molar-refractivity contribution in [1.82, 2.24) is 19.6 Å². The Balaban J connectivity index is 1.24. The Morgan fingerprint density at radius 2 is 1.56 bits per heavy atom. The second-order valence-electron chi connectivity index (χ2n) is 15.5. The van der Waals surface area contributed by atoms with Crippen LogP contribution in [-0.2, 0) is 32.6 Å². The van der Waals surface area contributed by atoms with Crippen LogP contribution < -0.4 is 10.5 Å². The number of hydrogen-bond donors (Lipinski definition) is 2. The monoisotopic (exact) mass is 841 g/mol. The number of phosphoric acid groups is 1. The van der Waals surface area contributed by atoms with Crippen LogP contribution in [-0.4, -0.2) is 81.6 Å². The maximum atomic E-state index is 13.3. The van der Waals surface area contributed by atoms with Gasteiger partial charge in [0.05, 0.1) is 25.1 Å². The molecule has 4 rings (SSSR count). The van der Waals surface area contributed by atoms with Gasteiger partial charge in [-0.3, -0.25) is 9.05 Å². The van der Waals surface area contributed by atoms with Crippen molar-refractivity contribution in [3.63, 3.8) is 0 Å². The molecule has 1 fully saturated rings. The summed E-state index contributed by atoms with van der Waals surface area (Å²) in [6.07, 6.45) is 20.1. The van der Waals surface area contributed by atoms with E-state index in [4.69, 9.17) is 43.7 Å². The van der Waals surface area contributed by atoms with Crippen molar-refractivity contribution in [2.75, 3.05) is 39.3 Å². The van der Waals surface area contributed by atoms with Gasteiger partial charge < -0.3 is 34.3 Å². The number of nitrogens with two attached hydrogens (primary N) is 1. The zero-order chi connectivity index (χ0) is 42.6. The summed E-state index contributed by atoms with van der Waals surface area (Å²) in [5.41, 5.74) is 5.31. The molecular formula is C42H64N7O9P. The highest BCUT2D eigenvalue weighted by Gasteiger charge is 2.56. The number of phosphoric ester groups is 1. The highest BCUT2D eigenvalue weighted by molar-refractivity contribution is 7.47. The number of hydrogen-bond acceptors (Lipinski definition) is 14. The lowest BCUT2D eigenvalue weighted by molar-refractivity contribution is -0.171. The number of nitrogen functional groups attached to an aromatic ring is 1. The fourth-order valence-corrected chi connectivity index (χ4v) is 7.87. The zero-order valence-electron chi connectivity index (χ0n) is 35.3. The first-order valence-electron chi connectivity index (χ1n) is 21.1. The van der Waals surface area contributed by atoms with Crippen LogP contribution >= 0.6 is 7.82 Å². The van der Waals surface area contributed by atoms with Crippen molar-refractivity contribution in [1.29, 1.82) is 10.5 Å². The fourth-order valence-electron chi connectivity index (χ4n) is 7.09. The minimum Gasteiger partial charge on any atom is -0.484 e. The predicted octanol–water partition coefficient (Wildman–Crippen LogP) is 8.54. The van der Waals surface area contributed by atoms with Crippen LogP contribution in [0.3, 0.4) is 0 Å². The number of methoxy groups -OCH3 is 1. The Hall–Kier alpha value is -3.70. The van der Waals surface area contributed by atoms with Gasteiger partial charge in [0.25, 0.3) is 0 Å². The molecule has 3 N–H and O–H groups in total. The number of rotatable bonds is 30. The highest BCUT2D eigenvalue weighted by atomic mass is 31.2. The molecule has 4 heterocycles. The Bertz CT molecular complexity index is 1820. The van der Waals surface area contributed by atoms with E-state index < -0.39 is 50.7 Å². The van der Waals surface area contributed by atoms with Crippen LogP contribution in [0.25, 0.3) is 5.52 Å². The average Bonchev–Trinajstić information content (AvgIpc) is 3.81. The maximum Gasteiger partial charge on any atom is 0.472 e. The van der Waals surface area contributed by atoms with E-state index in [1.807, 2.05) is 6.07 Å². The molecule has 3 aromatic rings. The molecule has 0 radical (unpaired) electrons. The summed E-state index contributed by atoms with van der Waals surface area (Å²) in [6.45, 7) is 4.99. The molecule has 1 aliphatic rings. The largest absolute Gasteiger partial charge is 0.484 e. The number of aromatic nitrogens is 4. The van der Waals surface area contributed by atoms with Crippen molar-refractivity contribution in [2.24, 2.45) is 0 Å². The molecule has 0 bridgehead atoms. The quantitative estimate of drug-likeness (QED) is 0.0474. The van der Waals surface area contributed by atoms with Crippen LogP contribution in [0.15, 0.2) is 36.8 Å². The van der Waals surface area contributed by atoms with Crippen LogP contribution in [0, 0.1) is 22.7 Å². The number of unbranched alkanes of at least 4 members (excludes halogenated alkanes) is 15. The van der Waals surface area contributed by atoms with E-state index in [1.165, 1.54) is 114 Å². The van der Waals surface area contributed by atoms with E-state index in [-0.39, 0.29) is 18.1 Å². The van der Waals surface area contributed by atoms with E-state index in [0.717, 1.165) is 19.3 Å². The number of fused-ring (bicyclic) bond motifs is 1. The van der Waals surface area contributed by atoms with Crippen LogP contribution in [0.1, 0.15) is 141 Å². The molecule has 0 spiro atoms. The lowest BCUT2D eigenvalue weighted by Gasteiger charge is -2.33. The SMILES string of the molecule is CCCCCCCCCCCCCCCCCCOC[C@H](COP(=O)(O)OC[C@@](C#N)(OC)[C@H]1OC(C)(C)O[C@H]1c1ccc2c(N)ncnn12)Oc1ccc(C#N)nc1. The molecule has 1 aliphatic heterocycles. The summed E-state index contributed by atoms with van der Waals surface area (Å²) in [5, 5.41) is 23.9. The second-order valence-corrected chi connectivity index (χ2v) is 17.0. The van der Waals surface area contributed by atoms with Crippen molar-refractivity contribution in [2.45, 2.75) is 153 Å². The molecule has 5 atom stereocenters. The van der Waals surface area contributed by atoms with Gasteiger partial charge in [0.2, 0.25) is 5.60 Å². The first-order valence-corrected chi connectivity index (χ1v) is 22.6. The van der Waals surface area contributed by atoms with E-state index in [1.54, 1.807) is 32.0 Å². The third kappa shape index (κ3) is 15.4. The highest BCUT2D eigenvalue weighted by Crippen LogP contribution is 2.48. The van der Waals surface area contributed by atoms with Gasteiger partial charge in [0, 0.05) is 13.7 Å². The fraction of sp³-hybridized carbons (Fsp3) is 0.690. The van der Waals surface area contributed by atoms with Gasteiger partial charge in [0.1, 0.15) is 60.3 Å². The van der Waals surface area contributed by atoms with Gasteiger partial charge >= 0.3 is 7.82 Å². The number of ether oxygens (including phenoxy) is 5. The summed E-state index contributed by atoms with van der Waals surface area (Å²) >= 11 is 0. The Morgan fingerprint density at radius 1 is 0.915 bits per heavy atom. The normalized spacial score (nSPS) is 18.8. The van der Waals surface area contributed by atoms with Gasteiger partial charge in [-0.05, 0) is 44.5 Å². The summed E-state index contributed by atoms with van der Waals surface area (Å²) in [6, 6.07) is 10.5. The zero-order valence-corrected chi connectivity index (χ0v) is 36.2. The number of nitriles is 2. The van der Waals surface area contributed by atoms with Crippen molar-refractivity contribution in [3.8, 4) is 17.9 Å². The van der Waals surface area contributed by atoms with Gasteiger partial charge in [-0.25, -0.2) is 19.0 Å². The van der Waals surface area contributed by atoms with Gasteiger partial charge in [-0.1, -0.05) is 103 Å². The molecule has 0 saturated carbocycles.